The fourth-order valence-corrected chi connectivity index (χ4v) is 3.95. The predicted octanol–water partition coefficient (Wildman–Crippen LogP) is 3.34. The molecule has 31 heavy (non-hydrogen) atoms. The third-order valence-corrected chi connectivity index (χ3v) is 5.94. The van der Waals surface area contributed by atoms with Crippen LogP contribution in [0.5, 0.6) is 0 Å². The smallest absolute Gasteiger partial charge is 0.251 e. The van der Waals surface area contributed by atoms with E-state index < -0.39 is 16.1 Å². The van der Waals surface area contributed by atoms with E-state index in [2.05, 4.69) is 21.9 Å². The third kappa shape index (κ3) is 7.82. The number of nitrogens with one attached hydrogen (secondary N) is 3. The van der Waals surface area contributed by atoms with E-state index in [1.54, 1.807) is 48.5 Å². The molecule has 0 aromatic heterocycles. The van der Waals surface area contributed by atoms with E-state index in [4.69, 9.17) is 11.6 Å². The van der Waals surface area contributed by atoms with Gasteiger partial charge in [-0.25, -0.2) is 13.1 Å². The Labute approximate surface area is 187 Å². The highest BCUT2D eigenvalue weighted by Crippen LogP contribution is 2.15. The number of hydrogen-bond donors (Lipinski definition) is 3. The molecule has 0 aliphatic heterocycles. The van der Waals surface area contributed by atoms with Crippen molar-refractivity contribution in [1.82, 2.24) is 10.0 Å². The molecule has 1 unspecified atom stereocenters. The van der Waals surface area contributed by atoms with E-state index in [1.165, 1.54) is 6.08 Å². The molecule has 0 aliphatic rings. The number of hydrogen-bond acceptors (Lipinski definition) is 4. The predicted molar refractivity (Wildman–Crippen MR) is 123 cm³/mol. The van der Waals surface area contributed by atoms with E-state index in [1.807, 2.05) is 13.8 Å². The molecule has 2 amide bonds. The molecule has 0 fully saturated rings. The number of sulfonamides is 1. The summed E-state index contributed by atoms with van der Waals surface area (Å²) in [6.45, 7) is 7.30. The second-order valence-electron chi connectivity index (χ2n) is 7.28. The van der Waals surface area contributed by atoms with Gasteiger partial charge in [-0.3, -0.25) is 9.59 Å². The number of rotatable bonds is 10. The normalized spacial score (nSPS) is 12.3. The number of carbonyl (C=O) groups is 2. The van der Waals surface area contributed by atoms with Gasteiger partial charge in [0.25, 0.3) is 5.91 Å². The van der Waals surface area contributed by atoms with Crippen LogP contribution in [0.1, 0.15) is 29.8 Å². The molecule has 0 bridgehead atoms. The minimum Gasteiger partial charge on any atom is -0.340 e. The van der Waals surface area contributed by atoms with Crippen LogP contribution in [0.2, 0.25) is 5.02 Å². The first kappa shape index (κ1) is 24.6. The van der Waals surface area contributed by atoms with Crippen molar-refractivity contribution in [1.29, 1.82) is 0 Å². The lowest BCUT2D eigenvalue weighted by Crippen LogP contribution is -2.47. The van der Waals surface area contributed by atoms with Crippen molar-refractivity contribution in [3.63, 3.8) is 0 Å². The van der Waals surface area contributed by atoms with Crippen molar-refractivity contribution in [3.05, 3.63) is 77.3 Å². The zero-order chi connectivity index (χ0) is 23.0. The maximum atomic E-state index is 12.7. The lowest BCUT2D eigenvalue weighted by molar-refractivity contribution is -0.118. The average molecular weight is 464 g/mol. The highest BCUT2D eigenvalue weighted by atomic mass is 35.5. The van der Waals surface area contributed by atoms with Crippen molar-refractivity contribution in [2.75, 3.05) is 11.9 Å². The summed E-state index contributed by atoms with van der Waals surface area (Å²) < 4.78 is 26.3. The number of amides is 2. The molecule has 3 N–H and O–H groups in total. The molecule has 2 aromatic rings. The van der Waals surface area contributed by atoms with Gasteiger partial charge in [0.05, 0.1) is 5.75 Å². The Kier molecular flexibility index (Phi) is 8.79. The molecular formula is C22H26ClN3O4S. The Morgan fingerprint density at radius 3 is 2.23 bits per heavy atom. The highest BCUT2D eigenvalue weighted by molar-refractivity contribution is 7.88. The van der Waals surface area contributed by atoms with Crippen LogP contribution in [0.15, 0.2) is 61.2 Å². The van der Waals surface area contributed by atoms with Crippen LogP contribution in [0.3, 0.4) is 0 Å². The minimum absolute atomic E-state index is 0.156. The van der Waals surface area contributed by atoms with Crippen LogP contribution in [0, 0.1) is 5.92 Å². The average Bonchev–Trinajstić information content (AvgIpc) is 2.71. The standard InChI is InChI=1S/C22H26ClN3O4S/c1-4-13-24-31(29,30)14-16-5-11-19(12-6-16)25-22(28)20(15(2)3)26-21(27)17-7-9-18(23)10-8-17/h4-12,15,20,24H,1,13-14H2,2-3H3,(H,25,28)(H,26,27). The Bertz CT molecular complexity index is 1020. The largest absolute Gasteiger partial charge is 0.340 e. The second-order valence-corrected chi connectivity index (χ2v) is 9.53. The van der Waals surface area contributed by atoms with Crippen molar-refractivity contribution in [3.8, 4) is 0 Å². The van der Waals surface area contributed by atoms with Crippen LogP contribution in [-0.2, 0) is 20.6 Å². The molecule has 1 atom stereocenters. The van der Waals surface area contributed by atoms with Crippen LogP contribution < -0.4 is 15.4 Å². The fourth-order valence-electron chi connectivity index (χ4n) is 2.72. The number of benzene rings is 2. The van der Waals surface area contributed by atoms with Gasteiger partial charge in [0.1, 0.15) is 6.04 Å². The lowest BCUT2D eigenvalue weighted by Gasteiger charge is -2.22. The molecule has 7 nitrogen and oxygen atoms in total. The van der Waals surface area contributed by atoms with Gasteiger partial charge >= 0.3 is 0 Å². The summed E-state index contributed by atoms with van der Waals surface area (Å²) in [7, 11) is -3.46. The summed E-state index contributed by atoms with van der Waals surface area (Å²) in [5.74, 6) is -1.08. The van der Waals surface area contributed by atoms with E-state index >= 15 is 0 Å². The molecule has 9 heteroatoms. The van der Waals surface area contributed by atoms with E-state index in [-0.39, 0.29) is 30.0 Å². The van der Waals surface area contributed by atoms with Gasteiger partial charge in [-0.2, -0.15) is 0 Å². The molecule has 166 valence electrons. The van der Waals surface area contributed by atoms with Crippen LogP contribution in [0.25, 0.3) is 0 Å². The maximum Gasteiger partial charge on any atom is 0.251 e. The fraction of sp³-hybridized carbons (Fsp3) is 0.273. The lowest BCUT2D eigenvalue weighted by atomic mass is 10.0. The molecule has 2 rings (SSSR count). The summed E-state index contributed by atoms with van der Waals surface area (Å²) in [5, 5.41) is 6.02. The first-order valence-corrected chi connectivity index (χ1v) is 11.7. The molecule has 0 spiro atoms. The van der Waals surface area contributed by atoms with Crippen molar-refractivity contribution < 1.29 is 18.0 Å². The third-order valence-electron chi connectivity index (χ3n) is 4.37. The second kappa shape index (κ2) is 11.1. The Morgan fingerprint density at radius 1 is 1.06 bits per heavy atom. The van der Waals surface area contributed by atoms with E-state index in [0.29, 0.717) is 21.8 Å². The van der Waals surface area contributed by atoms with Crippen LogP contribution in [-0.4, -0.2) is 32.8 Å². The summed E-state index contributed by atoms with van der Waals surface area (Å²) in [6, 6.07) is 12.1. The summed E-state index contributed by atoms with van der Waals surface area (Å²) >= 11 is 5.85. The van der Waals surface area contributed by atoms with Gasteiger partial charge in [0.2, 0.25) is 15.9 Å². The molecule has 0 saturated carbocycles. The van der Waals surface area contributed by atoms with Crippen molar-refractivity contribution in [2.24, 2.45) is 5.92 Å². The minimum atomic E-state index is -3.46. The van der Waals surface area contributed by atoms with Crippen molar-refractivity contribution >= 4 is 39.1 Å². The maximum absolute atomic E-state index is 12.7. The molecule has 2 aromatic carbocycles. The Hall–Kier alpha value is -2.68. The zero-order valence-corrected chi connectivity index (χ0v) is 19.0. The summed E-state index contributed by atoms with van der Waals surface area (Å²) in [6.07, 6.45) is 1.47. The number of carbonyl (C=O) groups excluding carboxylic acids is 2. The quantitative estimate of drug-likeness (QED) is 0.470. The van der Waals surface area contributed by atoms with Crippen LogP contribution >= 0.6 is 11.6 Å². The molecule has 0 aliphatic carbocycles. The molecule has 0 heterocycles. The van der Waals surface area contributed by atoms with Gasteiger partial charge in [0, 0.05) is 22.8 Å². The van der Waals surface area contributed by atoms with Gasteiger partial charge in [-0.15, -0.1) is 6.58 Å². The van der Waals surface area contributed by atoms with Crippen molar-refractivity contribution in [2.45, 2.75) is 25.6 Å². The van der Waals surface area contributed by atoms with E-state index in [9.17, 15) is 18.0 Å². The first-order valence-electron chi connectivity index (χ1n) is 9.66. The van der Waals surface area contributed by atoms with Gasteiger partial charge < -0.3 is 10.6 Å². The Morgan fingerprint density at radius 2 is 1.68 bits per heavy atom. The van der Waals surface area contributed by atoms with E-state index in [0.717, 1.165) is 0 Å². The molecule has 0 radical (unpaired) electrons. The monoisotopic (exact) mass is 463 g/mol. The first-order chi connectivity index (χ1) is 14.6. The summed E-state index contributed by atoms with van der Waals surface area (Å²) in [5.41, 5.74) is 1.47. The highest BCUT2D eigenvalue weighted by Gasteiger charge is 2.25. The Balaban J connectivity index is 2.02. The van der Waals surface area contributed by atoms with Crippen LogP contribution in [0.4, 0.5) is 5.69 Å². The number of halogens is 1. The summed E-state index contributed by atoms with van der Waals surface area (Å²) in [4.78, 5) is 25.2. The number of anilines is 1. The zero-order valence-electron chi connectivity index (χ0n) is 17.4. The SMILES string of the molecule is C=CCNS(=O)(=O)Cc1ccc(NC(=O)C(NC(=O)c2ccc(Cl)cc2)C(C)C)cc1. The topological polar surface area (TPSA) is 104 Å². The van der Waals surface area contributed by atoms with Gasteiger partial charge in [-0.1, -0.05) is 43.7 Å². The molecule has 0 saturated heterocycles. The van der Waals surface area contributed by atoms with Gasteiger partial charge in [-0.05, 0) is 47.9 Å². The van der Waals surface area contributed by atoms with Gasteiger partial charge in [0.15, 0.2) is 0 Å². The molecular weight excluding hydrogens is 438 g/mol.